The molecule has 328 valence electrons. The fourth-order valence-electron chi connectivity index (χ4n) is 6.30. The third-order valence-electron chi connectivity index (χ3n) is 9.99. The van der Waals surface area contributed by atoms with Crippen LogP contribution in [0, 0.1) is 0 Å². The van der Waals surface area contributed by atoms with Gasteiger partial charge in [0.1, 0.15) is 13.2 Å². The van der Waals surface area contributed by atoms with Crippen LogP contribution in [-0.2, 0) is 18.4 Å². The molecule has 2 N–H and O–H groups in total. The van der Waals surface area contributed by atoms with Crippen LogP contribution in [0.2, 0.25) is 0 Å². The Labute approximate surface area is 346 Å². The number of hydrogen-bond donors (Lipinski definition) is 2. The summed E-state index contributed by atoms with van der Waals surface area (Å²) in [5.74, 6) is -0.223. The number of nitrogens with one attached hydrogen (secondary N) is 1. The van der Waals surface area contributed by atoms with E-state index < -0.39 is 26.6 Å². The van der Waals surface area contributed by atoms with Crippen molar-refractivity contribution in [3.05, 3.63) is 48.6 Å². The smallest absolute Gasteiger partial charge is 0.268 e. The standard InChI is InChI=1S/C47H89N2O6P/c1-6-8-10-12-14-16-18-20-21-22-23-24-25-26-27-29-30-32-34-36-38-40-46(50)45(44-55-56(52,53)54-43-42-49(3,4)5)48-47(51)41-39-37-35-33-31-28-19-17-15-13-11-9-7-2/h17,19,25-26,30,32,38,40,45-46,50H,6-16,18,20-24,27-29,31,33-37,39,41-44H2,1-5H3,(H-,48,51,52,53)/b19-17-,26-25+,32-30+,40-38+. The molecule has 0 spiro atoms. The van der Waals surface area contributed by atoms with Gasteiger partial charge in [0.25, 0.3) is 7.82 Å². The average Bonchev–Trinajstić information content (AvgIpc) is 3.15. The van der Waals surface area contributed by atoms with E-state index in [0.717, 1.165) is 64.2 Å². The number of nitrogens with zero attached hydrogens (tertiary/aromatic N) is 1. The third-order valence-corrected chi connectivity index (χ3v) is 11.0. The lowest BCUT2D eigenvalue weighted by atomic mass is 10.1. The molecule has 8 nitrogen and oxygen atoms in total. The molecule has 0 aromatic heterocycles. The Hall–Kier alpha value is -1.54. The summed E-state index contributed by atoms with van der Waals surface area (Å²) < 4.78 is 23.2. The zero-order valence-electron chi connectivity index (χ0n) is 37.1. The number of phosphoric acid groups is 1. The van der Waals surface area contributed by atoms with Crippen LogP contribution in [-0.4, -0.2) is 68.5 Å². The van der Waals surface area contributed by atoms with Crippen molar-refractivity contribution in [2.75, 3.05) is 40.9 Å². The predicted molar refractivity (Wildman–Crippen MR) is 238 cm³/mol. The first-order valence-corrected chi connectivity index (χ1v) is 24.5. The van der Waals surface area contributed by atoms with E-state index in [2.05, 4.69) is 55.6 Å². The lowest BCUT2D eigenvalue weighted by Gasteiger charge is -2.29. The van der Waals surface area contributed by atoms with Gasteiger partial charge in [-0.1, -0.05) is 165 Å². The molecule has 0 aliphatic heterocycles. The van der Waals surface area contributed by atoms with Crippen molar-refractivity contribution < 1.29 is 32.9 Å². The second kappa shape index (κ2) is 38.9. The Morgan fingerprint density at radius 1 is 0.607 bits per heavy atom. The number of quaternary nitrogens is 1. The van der Waals surface area contributed by atoms with E-state index in [1.165, 1.54) is 109 Å². The molecular formula is C47H89N2O6P. The van der Waals surface area contributed by atoms with E-state index in [0.29, 0.717) is 17.4 Å². The number of carbonyl (C=O) groups excluding carboxylic acids is 1. The maximum atomic E-state index is 12.8. The van der Waals surface area contributed by atoms with Crippen molar-refractivity contribution in [2.45, 2.75) is 206 Å². The molecular weight excluding hydrogens is 719 g/mol. The Bertz CT molecular complexity index is 1050. The van der Waals surface area contributed by atoms with Crippen LogP contribution < -0.4 is 10.2 Å². The lowest BCUT2D eigenvalue weighted by molar-refractivity contribution is -0.870. The molecule has 3 unspecified atom stereocenters. The zero-order valence-corrected chi connectivity index (χ0v) is 38.0. The zero-order chi connectivity index (χ0) is 41.4. The van der Waals surface area contributed by atoms with Gasteiger partial charge in [-0.25, -0.2) is 0 Å². The van der Waals surface area contributed by atoms with E-state index in [4.69, 9.17) is 9.05 Å². The van der Waals surface area contributed by atoms with E-state index in [-0.39, 0.29) is 12.5 Å². The molecule has 1 amide bonds. The Morgan fingerprint density at radius 3 is 1.46 bits per heavy atom. The Balaban J connectivity index is 4.47. The topological polar surface area (TPSA) is 108 Å². The van der Waals surface area contributed by atoms with Gasteiger partial charge in [-0.05, 0) is 70.6 Å². The first-order valence-electron chi connectivity index (χ1n) is 23.0. The van der Waals surface area contributed by atoms with Crippen LogP contribution in [0.3, 0.4) is 0 Å². The number of hydrogen-bond acceptors (Lipinski definition) is 6. The van der Waals surface area contributed by atoms with Crippen molar-refractivity contribution in [2.24, 2.45) is 0 Å². The summed E-state index contributed by atoms with van der Waals surface area (Å²) in [5, 5.41) is 13.7. The SMILES string of the molecule is CCCCCC/C=C\CCCCCCCC(=O)NC(COP(=O)([O-])OCC[N+](C)(C)C)C(O)/C=C/CC/C=C/CC/C=C/CCCCCCCCCCCCC. The van der Waals surface area contributed by atoms with Crippen LogP contribution in [0.1, 0.15) is 194 Å². The molecule has 0 fully saturated rings. The number of unbranched alkanes of at least 4 members (excludes halogenated alkanes) is 22. The molecule has 0 aromatic carbocycles. The van der Waals surface area contributed by atoms with Gasteiger partial charge in [-0.3, -0.25) is 9.36 Å². The highest BCUT2D eigenvalue weighted by molar-refractivity contribution is 7.45. The van der Waals surface area contributed by atoms with E-state index in [1.54, 1.807) is 6.08 Å². The number of aliphatic hydroxyl groups excluding tert-OH is 1. The maximum absolute atomic E-state index is 12.8. The third kappa shape index (κ3) is 40.6. The number of likely N-dealkylation sites (N-methyl/N-ethyl adjacent to an activating group) is 1. The molecule has 9 heteroatoms. The first-order chi connectivity index (χ1) is 27.0. The summed E-state index contributed by atoms with van der Waals surface area (Å²) in [6.07, 6.45) is 48.8. The van der Waals surface area contributed by atoms with Crippen LogP contribution in [0.25, 0.3) is 0 Å². The Morgan fingerprint density at radius 2 is 1.00 bits per heavy atom. The van der Waals surface area contributed by atoms with Gasteiger partial charge >= 0.3 is 0 Å². The normalized spacial score (nSPS) is 14.8. The quantitative estimate of drug-likeness (QED) is 0.0276. The number of rotatable bonds is 41. The number of amides is 1. The largest absolute Gasteiger partial charge is 0.756 e. The number of aliphatic hydroxyl groups is 1. The molecule has 0 rings (SSSR count). The highest BCUT2D eigenvalue weighted by Crippen LogP contribution is 2.38. The van der Waals surface area contributed by atoms with Gasteiger partial charge in [0.05, 0.1) is 39.9 Å². The maximum Gasteiger partial charge on any atom is 0.268 e. The second-order valence-corrected chi connectivity index (χ2v) is 18.1. The van der Waals surface area contributed by atoms with Gasteiger partial charge in [-0.15, -0.1) is 0 Å². The number of allylic oxidation sites excluding steroid dienone is 7. The van der Waals surface area contributed by atoms with Gasteiger partial charge in [-0.2, -0.15) is 0 Å². The minimum absolute atomic E-state index is 0.0116. The first kappa shape index (κ1) is 54.5. The lowest BCUT2D eigenvalue weighted by Crippen LogP contribution is -2.45. The second-order valence-electron chi connectivity index (χ2n) is 16.7. The van der Waals surface area contributed by atoms with Gasteiger partial charge in [0.15, 0.2) is 0 Å². The summed E-state index contributed by atoms with van der Waals surface area (Å²) in [7, 11) is 1.23. The molecule has 0 saturated carbocycles. The fourth-order valence-corrected chi connectivity index (χ4v) is 7.02. The fraction of sp³-hybridized carbons (Fsp3) is 0.809. The highest BCUT2D eigenvalue weighted by Gasteiger charge is 2.23. The minimum Gasteiger partial charge on any atom is -0.756 e. The molecule has 0 heterocycles. The number of carbonyl (C=O) groups is 1. The van der Waals surface area contributed by atoms with Crippen LogP contribution in [0.5, 0.6) is 0 Å². The van der Waals surface area contributed by atoms with Crippen LogP contribution in [0.15, 0.2) is 48.6 Å². The van der Waals surface area contributed by atoms with Crippen LogP contribution >= 0.6 is 7.82 Å². The van der Waals surface area contributed by atoms with E-state index in [9.17, 15) is 19.4 Å². The molecule has 0 aromatic rings. The van der Waals surface area contributed by atoms with Gasteiger partial charge < -0.3 is 28.8 Å². The summed E-state index contributed by atoms with van der Waals surface area (Å²) in [6, 6.07) is -0.913. The minimum atomic E-state index is -4.60. The van der Waals surface area contributed by atoms with Gasteiger partial charge in [0, 0.05) is 6.42 Å². The van der Waals surface area contributed by atoms with Crippen molar-refractivity contribution in [3.8, 4) is 0 Å². The molecule has 0 aliphatic rings. The Kier molecular flexibility index (Phi) is 37.9. The summed E-state index contributed by atoms with van der Waals surface area (Å²) in [6.45, 7) is 4.58. The van der Waals surface area contributed by atoms with Crippen LogP contribution in [0.4, 0.5) is 0 Å². The molecule has 0 bridgehead atoms. The van der Waals surface area contributed by atoms with Crippen molar-refractivity contribution >= 4 is 13.7 Å². The molecule has 56 heavy (non-hydrogen) atoms. The summed E-state index contributed by atoms with van der Waals surface area (Å²) >= 11 is 0. The number of phosphoric ester groups is 1. The summed E-state index contributed by atoms with van der Waals surface area (Å²) in [5.41, 5.74) is 0. The van der Waals surface area contributed by atoms with Crippen molar-refractivity contribution in [1.82, 2.24) is 5.32 Å². The molecule has 3 atom stereocenters. The molecule has 0 radical (unpaired) electrons. The monoisotopic (exact) mass is 809 g/mol. The van der Waals surface area contributed by atoms with Crippen molar-refractivity contribution in [1.29, 1.82) is 0 Å². The average molecular weight is 809 g/mol. The van der Waals surface area contributed by atoms with E-state index in [1.807, 2.05) is 27.2 Å². The molecule has 0 aliphatic carbocycles. The van der Waals surface area contributed by atoms with Crippen molar-refractivity contribution in [3.63, 3.8) is 0 Å². The predicted octanol–water partition coefficient (Wildman–Crippen LogP) is 12.2. The molecule has 0 saturated heterocycles. The highest BCUT2D eigenvalue weighted by atomic mass is 31.2. The van der Waals surface area contributed by atoms with Gasteiger partial charge in [0.2, 0.25) is 5.91 Å². The summed E-state index contributed by atoms with van der Waals surface area (Å²) in [4.78, 5) is 25.3. The van der Waals surface area contributed by atoms with E-state index >= 15 is 0 Å².